The van der Waals surface area contributed by atoms with Gasteiger partial charge >= 0.3 is 5.63 Å². The van der Waals surface area contributed by atoms with Gasteiger partial charge in [0.25, 0.3) is 0 Å². The Morgan fingerprint density at radius 2 is 1.84 bits per heavy atom. The van der Waals surface area contributed by atoms with Gasteiger partial charge in [-0.05, 0) is 53.4 Å². The highest BCUT2D eigenvalue weighted by atomic mass is 16.5. The molecule has 0 spiro atoms. The van der Waals surface area contributed by atoms with Gasteiger partial charge in [0.05, 0.1) is 19.2 Å². The highest BCUT2D eigenvalue weighted by Crippen LogP contribution is 2.38. The summed E-state index contributed by atoms with van der Waals surface area (Å²) in [6, 6.07) is 21.5. The predicted molar refractivity (Wildman–Crippen MR) is 122 cm³/mol. The largest absolute Gasteiger partial charge is 0.497 e. The van der Waals surface area contributed by atoms with Crippen LogP contribution < -0.4 is 20.0 Å². The first-order valence-electron chi connectivity index (χ1n) is 10.4. The molecule has 156 valence electrons. The molecule has 5 rings (SSSR count). The van der Waals surface area contributed by atoms with Gasteiger partial charge in [0.2, 0.25) is 0 Å². The van der Waals surface area contributed by atoms with E-state index >= 15 is 0 Å². The Labute approximate surface area is 180 Å². The molecule has 1 aliphatic heterocycles. The Morgan fingerprint density at radius 3 is 2.61 bits per heavy atom. The van der Waals surface area contributed by atoms with E-state index in [2.05, 4.69) is 30.0 Å². The third kappa shape index (κ3) is 3.42. The molecular weight excluding hydrogens is 390 g/mol. The maximum atomic E-state index is 12.5. The fraction of sp³-hybridized carbons (Fsp3) is 0.192. The predicted octanol–water partition coefficient (Wildman–Crippen LogP) is 5.39. The number of rotatable bonds is 4. The first-order valence-corrected chi connectivity index (χ1v) is 10.4. The van der Waals surface area contributed by atoms with Gasteiger partial charge in [0.15, 0.2) is 6.73 Å². The van der Waals surface area contributed by atoms with E-state index in [9.17, 15) is 4.79 Å². The number of ether oxygens (including phenoxy) is 2. The second-order valence-electron chi connectivity index (χ2n) is 7.58. The zero-order valence-corrected chi connectivity index (χ0v) is 17.6. The second kappa shape index (κ2) is 7.84. The smallest absolute Gasteiger partial charge is 0.336 e. The van der Waals surface area contributed by atoms with Crippen molar-refractivity contribution in [1.82, 2.24) is 0 Å². The summed E-state index contributed by atoms with van der Waals surface area (Å²) in [7, 11) is 1.64. The molecule has 5 nitrogen and oxygen atoms in total. The number of anilines is 1. The lowest BCUT2D eigenvalue weighted by Gasteiger charge is -2.32. The summed E-state index contributed by atoms with van der Waals surface area (Å²) in [4.78, 5) is 14.7. The van der Waals surface area contributed by atoms with Crippen molar-refractivity contribution >= 4 is 16.7 Å². The van der Waals surface area contributed by atoms with Crippen LogP contribution in [0.4, 0.5) is 5.69 Å². The summed E-state index contributed by atoms with van der Waals surface area (Å²) in [5.74, 6) is 1.53. The molecule has 0 bridgehead atoms. The lowest BCUT2D eigenvalue weighted by molar-refractivity contribution is 0.289. The van der Waals surface area contributed by atoms with E-state index < -0.39 is 0 Å². The summed E-state index contributed by atoms with van der Waals surface area (Å²) in [6.45, 7) is 3.21. The Hall–Kier alpha value is -3.73. The van der Waals surface area contributed by atoms with Crippen LogP contribution in [-0.2, 0) is 13.0 Å². The van der Waals surface area contributed by atoms with E-state index in [0.717, 1.165) is 45.7 Å². The number of aryl methyl sites for hydroxylation is 1. The summed E-state index contributed by atoms with van der Waals surface area (Å²) in [5, 5.41) is 0.887. The lowest BCUT2D eigenvalue weighted by atomic mass is 9.99. The molecular formula is C26H23NO4. The molecule has 1 aromatic heterocycles. The lowest BCUT2D eigenvalue weighted by Crippen LogP contribution is -2.32. The van der Waals surface area contributed by atoms with Gasteiger partial charge < -0.3 is 18.8 Å². The molecule has 0 saturated heterocycles. The van der Waals surface area contributed by atoms with Gasteiger partial charge in [-0.1, -0.05) is 37.3 Å². The Balaban J connectivity index is 1.64. The molecule has 4 aromatic rings. The monoisotopic (exact) mass is 413 g/mol. The van der Waals surface area contributed by atoms with Crippen LogP contribution in [0.5, 0.6) is 11.5 Å². The summed E-state index contributed by atoms with van der Waals surface area (Å²) >= 11 is 0. The van der Waals surface area contributed by atoms with Crippen LogP contribution in [0, 0.1) is 0 Å². The van der Waals surface area contributed by atoms with Crippen LogP contribution in [0.2, 0.25) is 0 Å². The molecule has 1 aliphatic rings. The van der Waals surface area contributed by atoms with Gasteiger partial charge in [-0.3, -0.25) is 0 Å². The van der Waals surface area contributed by atoms with Gasteiger partial charge in [0.1, 0.15) is 17.1 Å². The van der Waals surface area contributed by atoms with Gasteiger partial charge in [-0.15, -0.1) is 0 Å². The molecule has 0 aliphatic carbocycles. The van der Waals surface area contributed by atoms with E-state index in [0.29, 0.717) is 18.9 Å². The molecule has 31 heavy (non-hydrogen) atoms. The van der Waals surface area contributed by atoms with Crippen molar-refractivity contribution in [2.75, 3.05) is 18.7 Å². The van der Waals surface area contributed by atoms with Crippen LogP contribution in [0.15, 0.2) is 75.9 Å². The van der Waals surface area contributed by atoms with Crippen molar-refractivity contribution in [3.63, 3.8) is 0 Å². The molecule has 0 saturated carbocycles. The molecule has 0 fully saturated rings. The van der Waals surface area contributed by atoms with E-state index in [1.165, 1.54) is 5.56 Å². The van der Waals surface area contributed by atoms with E-state index in [4.69, 9.17) is 13.9 Å². The number of benzene rings is 3. The third-order valence-corrected chi connectivity index (χ3v) is 5.81. The normalized spacial score (nSPS) is 13.0. The quantitative estimate of drug-likeness (QED) is 0.420. The van der Waals surface area contributed by atoms with E-state index in [-0.39, 0.29) is 5.63 Å². The molecule has 0 unspecified atom stereocenters. The summed E-state index contributed by atoms with van der Waals surface area (Å²) < 4.78 is 17.0. The molecule has 0 radical (unpaired) electrons. The first-order chi connectivity index (χ1) is 15.2. The van der Waals surface area contributed by atoms with Crippen LogP contribution in [0.3, 0.4) is 0 Å². The topological polar surface area (TPSA) is 51.9 Å². The van der Waals surface area contributed by atoms with Gasteiger partial charge in [-0.25, -0.2) is 4.79 Å². The Bertz CT molecular complexity index is 1310. The third-order valence-electron chi connectivity index (χ3n) is 5.81. The van der Waals surface area contributed by atoms with Crippen molar-refractivity contribution in [3.05, 3.63) is 88.3 Å². The van der Waals surface area contributed by atoms with E-state index in [1.807, 2.05) is 42.5 Å². The molecule has 2 heterocycles. The fourth-order valence-corrected chi connectivity index (χ4v) is 4.22. The minimum atomic E-state index is -0.377. The minimum absolute atomic E-state index is 0.377. The maximum Gasteiger partial charge on any atom is 0.336 e. The highest BCUT2D eigenvalue weighted by Gasteiger charge is 2.24. The van der Waals surface area contributed by atoms with Crippen molar-refractivity contribution in [1.29, 1.82) is 0 Å². The average molecular weight is 413 g/mol. The molecule has 0 N–H and O–H groups in total. The van der Waals surface area contributed by atoms with Gasteiger partial charge in [-0.2, -0.15) is 0 Å². The highest BCUT2D eigenvalue weighted by molar-refractivity contribution is 5.96. The van der Waals surface area contributed by atoms with Crippen LogP contribution in [0.1, 0.15) is 18.1 Å². The first kappa shape index (κ1) is 19.2. The van der Waals surface area contributed by atoms with Crippen molar-refractivity contribution in [3.8, 4) is 22.6 Å². The zero-order valence-electron chi connectivity index (χ0n) is 17.6. The Morgan fingerprint density at radius 1 is 1.03 bits per heavy atom. The number of hydrogen-bond donors (Lipinski definition) is 0. The number of nitrogens with zero attached hydrogens (tertiary/aromatic N) is 1. The average Bonchev–Trinajstić information content (AvgIpc) is 2.83. The summed E-state index contributed by atoms with van der Waals surface area (Å²) in [6.07, 6.45) is 0.936. The van der Waals surface area contributed by atoms with Crippen LogP contribution in [0.25, 0.3) is 22.1 Å². The van der Waals surface area contributed by atoms with Crippen LogP contribution >= 0.6 is 0 Å². The maximum absolute atomic E-state index is 12.5. The van der Waals surface area contributed by atoms with Gasteiger partial charge in [0, 0.05) is 17.1 Å². The Kier molecular flexibility index (Phi) is 4.86. The number of para-hydroxylation sites is 1. The summed E-state index contributed by atoms with van der Waals surface area (Å²) in [5.41, 5.74) is 5.26. The van der Waals surface area contributed by atoms with E-state index in [1.54, 1.807) is 13.2 Å². The standard InChI is InChI=1S/C26H23NO4/c1-3-17-6-4-5-7-23(17)27-15-22-24(30-16-27)13-12-20-21(14-25(28)31-26(20)22)18-8-10-19(29-2)11-9-18/h4-14H,3,15-16H2,1-2H3. The number of hydrogen-bond acceptors (Lipinski definition) is 5. The minimum Gasteiger partial charge on any atom is -0.497 e. The molecule has 0 atom stereocenters. The second-order valence-corrected chi connectivity index (χ2v) is 7.58. The number of methoxy groups -OCH3 is 1. The molecule has 0 amide bonds. The molecule has 3 aromatic carbocycles. The fourth-order valence-electron chi connectivity index (χ4n) is 4.22. The van der Waals surface area contributed by atoms with Crippen molar-refractivity contribution in [2.24, 2.45) is 0 Å². The molecule has 5 heteroatoms. The van der Waals surface area contributed by atoms with Crippen LogP contribution in [-0.4, -0.2) is 13.8 Å². The SMILES string of the molecule is CCc1ccccc1N1COc2ccc3c(-c4ccc(OC)cc4)cc(=O)oc3c2C1. The number of fused-ring (bicyclic) bond motifs is 3. The van der Waals surface area contributed by atoms with Crippen molar-refractivity contribution < 1.29 is 13.9 Å². The zero-order chi connectivity index (χ0) is 21.4. The van der Waals surface area contributed by atoms with Crippen molar-refractivity contribution in [2.45, 2.75) is 19.9 Å².